The molecule has 3 heterocycles. The molecule has 2 fully saturated rings. The van der Waals surface area contributed by atoms with E-state index in [1.807, 2.05) is 24.0 Å². The standard InChI is InChI=1S/C23H31N3O3/c1-17-19-9-8-18(24-23(28)26-13-6-3-7-14-26)16-21(19)29-22(27)20(17)10-15-25-11-4-2-5-12-25/h8-9,16H,2-7,10-15H2,1H3,(H,24,28). The zero-order valence-corrected chi connectivity index (χ0v) is 17.3. The number of aryl methyl sites for hydroxylation is 1. The van der Waals surface area contributed by atoms with Gasteiger partial charge in [-0.1, -0.05) is 6.42 Å². The maximum Gasteiger partial charge on any atom is 0.339 e. The molecule has 2 amide bonds. The van der Waals surface area contributed by atoms with Gasteiger partial charge in [0.05, 0.1) is 0 Å². The number of piperidine rings is 2. The number of rotatable bonds is 4. The summed E-state index contributed by atoms with van der Waals surface area (Å²) in [6.45, 7) is 6.75. The molecule has 4 rings (SSSR count). The Morgan fingerprint density at radius 2 is 1.72 bits per heavy atom. The van der Waals surface area contributed by atoms with Crippen LogP contribution in [-0.2, 0) is 6.42 Å². The van der Waals surface area contributed by atoms with Crippen LogP contribution >= 0.6 is 0 Å². The summed E-state index contributed by atoms with van der Waals surface area (Å²) in [5.41, 5.74) is 2.70. The van der Waals surface area contributed by atoms with Gasteiger partial charge >= 0.3 is 11.7 Å². The van der Waals surface area contributed by atoms with E-state index < -0.39 is 0 Å². The number of carbonyl (C=O) groups excluding carboxylic acids is 1. The number of urea groups is 1. The first kappa shape index (κ1) is 20.0. The molecule has 0 radical (unpaired) electrons. The molecule has 156 valence electrons. The minimum Gasteiger partial charge on any atom is -0.422 e. The Balaban J connectivity index is 1.50. The van der Waals surface area contributed by atoms with Gasteiger partial charge in [0.15, 0.2) is 0 Å². The number of fused-ring (bicyclic) bond motifs is 1. The summed E-state index contributed by atoms with van der Waals surface area (Å²) < 4.78 is 5.64. The molecule has 6 heteroatoms. The number of nitrogens with zero attached hydrogens (tertiary/aromatic N) is 2. The van der Waals surface area contributed by atoms with Gasteiger partial charge in [0.25, 0.3) is 0 Å². The molecular formula is C23H31N3O3. The Morgan fingerprint density at radius 1 is 1.03 bits per heavy atom. The number of benzene rings is 1. The van der Waals surface area contributed by atoms with E-state index in [0.29, 0.717) is 11.3 Å². The number of amides is 2. The Hall–Kier alpha value is -2.34. The van der Waals surface area contributed by atoms with Crippen molar-refractivity contribution in [2.45, 2.75) is 51.9 Å². The van der Waals surface area contributed by atoms with Crippen molar-refractivity contribution in [2.24, 2.45) is 0 Å². The summed E-state index contributed by atoms with van der Waals surface area (Å²) >= 11 is 0. The predicted octanol–water partition coefficient (Wildman–Crippen LogP) is 4.15. The Morgan fingerprint density at radius 3 is 2.45 bits per heavy atom. The topological polar surface area (TPSA) is 65.8 Å². The number of anilines is 1. The van der Waals surface area contributed by atoms with Crippen LogP contribution in [0.4, 0.5) is 10.5 Å². The van der Waals surface area contributed by atoms with Crippen LogP contribution in [-0.4, -0.2) is 48.6 Å². The molecule has 29 heavy (non-hydrogen) atoms. The van der Waals surface area contributed by atoms with Gasteiger partial charge in [-0.25, -0.2) is 9.59 Å². The van der Waals surface area contributed by atoms with Crippen molar-refractivity contribution >= 4 is 22.7 Å². The second kappa shape index (κ2) is 8.99. The van der Waals surface area contributed by atoms with Crippen LogP contribution in [0.15, 0.2) is 27.4 Å². The third-order valence-corrected chi connectivity index (χ3v) is 6.31. The lowest BCUT2D eigenvalue weighted by Crippen LogP contribution is -2.38. The molecule has 2 aliphatic rings. The van der Waals surface area contributed by atoms with Crippen LogP contribution in [0.25, 0.3) is 11.0 Å². The molecule has 2 saturated heterocycles. The summed E-state index contributed by atoms with van der Waals surface area (Å²) in [5.74, 6) is 0. The van der Waals surface area contributed by atoms with Crippen LogP contribution < -0.4 is 10.9 Å². The van der Waals surface area contributed by atoms with Crippen molar-refractivity contribution in [3.63, 3.8) is 0 Å². The molecule has 1 aromatic carbocycles. The van der Waals surface area contributed by atoms with Crippen LogP contribution in [0.3, 0.4) is 0 Å². The smallest absolute Gasteiger partial charge is 0.339 e. The largest absolute Gasteiger partial charge is 0.422 e. The third-order valence-electron chi connectivity index (χ3n) is 6.31. The van der Waals surface area contributed by atoms with Gasteiger partial charge in [0.1, 0.15) is 5.58 Å². The highest BCUT2D eigenvalue weighted by Gasteiger charge is 2.18. The average Bonchev–Trinajstić information content (AvgIpc) is 2.75. The lowest BCUT2D eigenvalue weighted by molar-refractivity contribution is 0.200. The fourth-order valence-corrected chi connectivity index (χ4v) is 4.51. The van der Waals surface area contributed by atoms with Gasteiger partial charge in [0, 0.05) is 42.3 Å². The Bertz CT molecular complexity index is 925. The van der Waals surface area contributed by atoms with Crippen LogP contribution in [0.1, 0.15) is 49.7 Å². The summed E-state index contributed by atoms with van der Waals surface area (Å²) in [6.07, 6.45) is 7.82. The van der Waals surface area contributed by atoms with E-state index in [-0.39, 0.29) is 11.7 Å². The van der Waals surface area contributed by atoms with Gasteiger partial charge in [-0.3, -0.25) is 0 Å². The van der Waals surface area contributed by atoms with Crippen molar-refractivity contribution < 1.29 is 9.21 Å². The number of carbonyl (C=O) groups is 1. The van der Waals surface area contributed by atoms with E-state index in [9.17, 15) is 9.59 Å². The predicted molar refractivity (Wildman–Crippen MR) is 116 cm³/mol. The highest BCUT2D eigenvalue weighted by Crippen LogP contribution is 2.24. The number of nitrogens with one attached hydrogen (secondary N) is 1. The van der Waals surface area contributed by atoms with Crippen molar-refractivity contribution in [1.82, 2.24) is 9.80 Å². The van der Waals surface area contributed by atoms with E-state index in [1.165, 1.54) is 25.7 Å². The van der Waals surface area contributed by atoms with Gasteiger partial charge in [-0.15, -0.1) is 0 Å². The highest BCUT2D eigenvalue weighted by molar-refractivity contribution is 5.92. The summed E-state index contributed by atoms with van der Waals surface area (Å²) in [5, 5.41) is 3.88. The van der Waals surface area contributed by atoms with Crippen LogP contribution in [0.5, 0.6) is 0 Å². The lowest BCUT2D eigenvalue weighted by Gasteiger charge is -2.27. The molecule has 2 aromatic rings. The summed E-state index contributed by atoms with van der Waals surface area (Å²) in [4.78, 5) is 29.4. The molecule has 0 unspecified atom stereocenters. The van der Waals surface area contributed by atoms with E-state index >= 15 is 0 Å². The van der Waals surface area contributed by atoms with Crippen LogP contribution in [0.2, 0.25) is 0 Å². The van der Waals surface area contributed by atoms with Gasteiger partial charge in [0.2, 0.25) is 0 Å². The molecule has 0 bridgehead atoms. The highest BCUT2D eigenvalue weighted by atomic mass is 16.4. The molecule has 1 aromatic heterocycles. The van der Waals surface area contributed by atoms with Gasteiger partial charge in [-0.05, 0) is 76.2 Å². The number of likely N-dealkylation sites (tertiary alicyclic amines) is 2. The van der Waals surface area contributed by atoms with Gasteiger partial charge in [-0.2, -0.15) is 0 Å². The maximum absolute atomic E-state index is 12.6. The minimum absolute atomic E-state index is 0.0822. The summed E-state index contributed by atoms with van der Waals surface area (Å²) in [6, 6.07) is 5.52. The third kappa shape index (κ3) is 4.64. The van der Waals surface area contributed by atoms with Crippen molar-refractivity contribution in [2.75, 3.05) is 38.0 Å². The second-order valence-electron chi connectivity index (χ2n) is 8.33. The first-order chi connectivity index (χ1) is 14.1. The monoisotopic (exact) mass is 397 g/mol. The second-order valence-corrected chi connectivity index (χ2v) is 8.33. The summed E-state index contributed by atoms with van der Waals surface area (Å²) in [7, 11) is 0. The zero-order valence-electron chi connectivity index (χ0n) is 17.3. The number of hydrogen-bond donors (Lipinski definition) is 1. The average molecular weight is 398 g/mol. The van der Waals surface area contributed by atoms with E-state index in [1.54, 1.807) is 6.07 Å². The molecular weight excluding hydrogens is 366 g/mol. The van der Waals surface area contributed by atoms with E-state index in [4.69, 9.17) is 4.42 Å². The quantitative estimate of drug-likeness (QED) is 0.787. The molecule has 0 saturated carbocycles. The zero-order chi connectivity index (χ0) is 20.2. The van der Waals surface area contributed by atoms with E-state index in [2.05, 4.69) is 10.2 Å². The SMILES string of the molecule is Cc1c(CCN2CCCCC2)c(=O)oc2cc(NC(=O)N3CCCCC3)ccc12. The molecule has 1 N–H and O–H groups in total. The van der Waals surface area contributed by atoms with Gasteiger partial charge < -0.3 is 19.5 Å². The lowest BCUT2D eigenvalue weighted by atomic mass is 10.0. The first-order valence-corrected chi connectivity index (χ1v) is 11.0. The maximum atomic E-state index is 12.6. The normalized spacial score (nSPS) is 18.2. The first-order valence-electron chi connectivity index (χ1n) is 11.0. The van der Waals surface area contributed by atoms with E-state index in [0.717, 1.165) is 68.5 Å². The minimum atomic E-state index is -0.258. The van der Waals surface area contributed by atoms with Crippen molar-refractivity contribution in [1.29, 1.82) is 0 Å². The fraction of sp³-hybridized carbons (Fsp3) is 0.565. The molecule has 6 nitrogen and oxygen atoms in total. The Kier molecular flexibility index (Phi) is 6.19. The Labute approximate surface area is 171 Å². The molecule has 0 spiro atoms. The van der Waals surface area contributed by atoms with Crippen molar-refractivity contribution in [3.8, 4) is 0 Å². The molecule has 0 aliphatic carbocycles. The number of hydrogen-bond acceptors (Lipinski definition) is 4. The molecule has 0 atom stereocenters. The van der Waals surface area contributed by atoms with Crippen molar-refractivity contribution in [3.05, 3.63) is 39.7 Å². The van der Waals surface area contributed by atoms with Crippen LogP contribution in [0, 0.1) is 6.92 Å². The molecule has 2 aliphatic heterocycles. The fourth-order valence-electron chi connectivity index (χ4n) is 4.51.